The van der Waals surface area contributed by atoms with Gasteiger partial charge in [0.1, 0.15) is 6.54 Å². The van der Waals surface area contributed by atoms with Gasteiger partial charge in [-0.05, 0) is 23.1 Å². The number of anilines is 1. The minimum atomic E-state index is -3.56. The molecule has 7 nitrogen and oxygen atoms in total. The van der Waals surface area contributed by atoms with Crippen LogP contribution in [0.2, 0.25) is 0 Å². The van der Waals surface area contributed by atoms with Crippen molar-refractivity contribution in [3.05, 3.63) is 29.8 Å². The molecule has 1 N–H and O–H groups in total. The van der Waals surface area contributed by atoms with E-state index >= 15 is 0 Å². The zero-order chi connectivity index (χ0) is 20.1. The Bertz CT molecular complexity index is 720. The number of morpholine rings is 1. The lowest BCUT2D eigenvalue weighted by molar-refractivity contribution is -0.119. The minimum absolute atomic E-state index is 0.0225. The molecule has 1 aliphatic heterocycles. The predicted octanol–water partition coefficient (Wildman–Crippen LogP) is 1.20. The normalized spacial score (nSPS) is 16.1. The van der Waals surface area contributed by atoms with Crippen molar-refractivity contribution in [1.29, 1.82) is 0 Å². The average Bonchev–Trinajstić information content (AvgIpc) is 2.59. The van der Waals surface area contributed by atoms with E-state index < -0.39 is 10.0 Å². The molecule has 1 amide bonds. The number of nitrogens with one attached hydrogen (secondary N) is 1. The third-order valence-electron chi connectivity index (χ3n) is 4.56. The summed E-state index contributed by atoms with van der Waals surface area (Å²) in [6.45, 7) is 10.4. The van der Waals surface area contributed by atoms with Crippen molar-refractivity contribution in [2.24, 2.45) is 0 Å². The zero-order valence-electron chi connectivity index (χ0n) is 16.7. The predicted molar refractivity (Wildman–Crippen MR) is 108 cm³/mol. The Balaban J connectivity index is 1.96. The van der Waals surface area contributed by atoms with Gasteiger partial charge in [0.2, 0.25) is 15.9 Å². The molecule has 2 rings (SSSR count). The second kappa shape index (κ2) is 9.03. The molecular weight excluding hydrogens is 366 g/mol. The van der Waals surface area contributed by atoms with Gasteiger partial charge in [0, 0.05) is 26.2 Å². The van der Waals surface area contributed by atoms with Gasteiger partial charge in [-0.25, -0.2) is 8.42 Å². The number of benzene rings is 1. The highest BCUT2D eigenvalue weighted by Crippen LogP contribution is 2.25. The highest BCUT2D eigenvalue weighted by Gasteiger charge is 2.22. The van der Waals surface area contributed by atoms with Gasteiger partial charge in [-0.2, -0.15) is 0 Å². The molecule has 0 spiro atoms. The summed E-state index contributed by atoms with van der Waals surface area (Å²) in [4.78, 5) is 14.5. The molecule has 0 unspecified atom stereocenters. The number of carbonyl (C=O) groups excluding carboxylic acids is 1. The van der Waals surface area contributed by atoms with Crippen molar-refractivity contribution >= 4 is 21.6 Å². The minimum Gasteiger partial charge on any atom is -0.379 e. The molecule has 1 saturated heterocycles. The molecule has 1 aromatic rings. The quantitative estimate of drug-likeness (QED) is 0.748. The molecule has 1 fully saturated rings. The maximum Gasteiger partial charge on any atom is 0.240 e. The van der Waals surface area contributed by atoms with Crippen LogP contribution in [-0.2, 0) is 25.0 Å². The van der Waals surface area contributed by atoms with E-state index in [2.05, 4.69) is 31.0 Å². The summed E-state index contributed by atoms with van der Waals surface area (Å²) in [6.07, 6.45) is 1.12. The molecule has 1 aromatic carbocycles. The molecule has 0 bridgehead atoms. The van der Waals surface area contributed by atoms with E-state index in [-0.39, 0.29) is 17.9 Å². The van der Waals surface area contributed by atoms with E-state index in [1.54, 1.807) is 12.1 Å². The van der Waals surface area contributed by atoms with E-state index in [1.807, 2.05) is 12.1 Å². The van der Waals surface area contributed by atoms with Gasteiger partial charge in [0.15, 0.2) is 0 Å². The molecule has 1 aliphatic rings. The Kier molecular flexibility index (Phi) is 7.25. The third-order valence-corrected chi connectivity index (χ3v) is 5.70. The van der Waals surface area contributed by atoms with E-state index in [1.165, 1.54) is 0 Å². The van der Waals surface area contributed by atoms with Crippen molar-refractivity contribution in [3.63, 3.8) is 0 Å². The van der Waals surface area contributed by atoms with Crippen molar-refractivity contribution in [1.82, 2.24) is 10.2 Å². The first-order valence-electron chi connectivity index (χ1n) is 9.22. The van der Waals surface area contributed by atoms with E-state index in [4.69, 9.17) is 4.74 Å². The molecular formula is C19H31N3O4S. The first-order valence-corrected chi connectivity index (χ1v) is 11.1. The lowest BCUT2D eigenvalue weighted by Gasteiger charge is -2.27. The van der Waals surface area contributed by atoms with Crippen LogP contribution in [0, 0.1) is 0 Å². The van der Waals surface area contributed by atoms with Gasteiger partial charge in [-0.1, -0.05) is 32.9 Å². The molecule has 0 aromatic heterocycles. The molecule has 1 heterocycles. The second-order valence-electron chi connectivity index (χ2n) is 7.87. The third kappa shape index (κ3) is 6.79. The van der Waals surface area contributed by atoms with E-state index in [9.17, 15) is 13.2 Å². The maximum absolute atomic E-state index is 12.3. The fourth-order valence-corrected chi connectivity index (χ4v) is 3.75. The Labute approximate surface area is 162 Å². The number of nitrogens with zero attached hydrogens (tertiary/aromatic N) is 2. The Morgan fingerprint density at radius 3 is 2.30 bits per heavy atom. The summed E-state index contributed by atoms with van der Waals surface area (Å²) in [6, 6.07) is 7.32. The summed E-state index contributed by atoms with van der Waals surface area (Å²) >= 11 is 0. The van der Waals surface area contributed by atoms with Crippen molar-refractivity contribution in [3.8, 4) is 0 Å². The van der Waals surface area contributed by atoms with Crippen molar-refractivity contribution in [2.75, 3.05) is 56.5 Å². The van der Waals surface area contributed by atoms with Gasteiger partial charge in [-0.15, -0.1) is 0 Å². The van der Waals surface area contributed by atoms with Crippen molar-refractivity contribution < 1.29 is 17.9 Å². The van der Waals surface area contributed by atoms with Crippen molar-refractivity contribution in [2.45, 2.75) is 26.2 Å². The summed E-state index contributed by atoms with van der Waals surface area (Å²) in [5, 5.41) is 2.81. The SMILES string of the molecule is CC(C)(C)c1ccc(N(CC(=O)NCCN2CCOCC2)S(C)(=O)=O)cc1. The highest BCUT2D eigenvalue weighted by molar-refractivity contribution is 7.92. The largest absolute Gasteiger partial charge is 0.379 e. The lowest BCUT2D eigenvalue weighted by Crippen LogP contribution is -2.44. The topological polar surface area (TPSA) is 79.0 Å². The number of ether oxygens (including phenoxy) is 1. The maximum atomic E-state index is 12.3. The van der Waals surface area contributed by atoms with Crippen LogP contribution in [0.4, 0.5) is 5.69 Å². The van der Waals surface area contributed by atoms with E-state index in [0.29, 0.717) is 25.4 Å². The van der Waals surface area contributed by atoms with Gasteiger partial charge in [-0.3, -0.25) is 14.0 Å². The monoisotopic (exact) mass is 397 g/mol. The number of carbonyl (C=O) groups is 1. The molecule has 8 heteroatoms. The second-order valence-corrected chi connectivity index (χ2v) is 9.78. The number of hydrogen-bond donors (Lipinski definition) is 1. The standard InChI is InChI=1S/C19H31N3O4S/c1-19(2,3)16-5-7-17(8-6-16)22(27(4,24)25)15-18(23)20-9-10-21-11-13-26-14-12-21/h5-8H,9-15H2,1-4H3,(H,20,23). The zero-order valence-corrected chi connectivity index (χ0v) is 17.5. The van der Waals surface area contributed by atoms with Gasteiger partial charge < -0.3 is 10.1 Å². The Hall–Kier alpha value is -1.64. The van der Waals surface area contributed by atoms with Crippen LogP contribution in [0.3, 0.4) is 0 Å². The van der Waals surface area contributed by atoms with Gasteiger partial charge in [0.05, 0.1) is 25.2 Å². The van der Waals surface area contributed by atoms with Gasteiger partial charge in [0.25, 0.3) is 0 Å². The highest BCUT2D eigenvalue weighted by atomic mass is 32.2. The molecule has 0 saturated carbocycles. The number of rotatable bonds is 7. The molecule has 152 valence electrons. The summed E-state index contributed by atoms with van der Waals surface area (Å²) in [5.41, 5.74) is 1.58. The van der Waals surface area contributed by atoms with Gasteiger partial charge >= 0.3 is 0 Å². The van der Waals surface area contributed by atoms with E-state index in [0.717, 1.165) is 35.8 Å². The number of hydrogen-bond acceptors (Lipinski definition) is 5. The summed E-state index contributed by atoms with van der Waals surface area (Å²) in [7, 11) is -3.56. The van der Waals surface area contributed by atoms with Crippen LogP contribution in [0.5, 0.6) is 0 Å². The summed E-state index contributed by atoms with van der Waals surface area (Å²) < 4.78 is 30.8. The average molecular weight is 398 g/mol. The molecule has 0 atom stereocenters. The van der Waals surface area contributed by atoms with Crippen LogP contribution in [-0.4, -0.2) is 71.4 Å². The molecule has 0 aliphatic carbocycles. The Morgan fingerprint density at radius 2 is 1.78 bits per heavy atom. The number of sulfonamides is 1. The number of amides is 1. The fourth-order valence-electron chi connectivity index (χ4n) is 2.89. The van der Waals surface area contributed by atoms with Crippen LogP contribution < -0.4 is 9.62 Å². The lowest BCUT2D eigenvalue weighted by atomic mass is 9.87. The molecule has 27 heavy (non-hydrogen) atoms. The summed E-state index contributed by atoms with van der Waals surface area (Å²) in [5.74, 6) is -0.311. The van der Waals surface area contributed by atoms with Crippen LogP contribution in [0.1, 0.15) is 26.3 Å². The van der Waals surface area contributed by atoms with Crippen LogP contribution >= 0.6 is 0 Å². The Morgan fingerprint density at radius 1 is 1.19 bits per heavy atom. The molecule has 0 radical (unpaired) electrons. The first-order chi connectivity index (χ1) is 12.6. The smallest absolute Gasteiger partial charge is 0.240 e. The fraction of sp³-hybridized carbons (Fsp3) is 0.632. The first kappa shape index (κ1) is 21.7. The van der Waals surface area contributed by atoms with Crippen LogP contribution in [0.25, 0.3) is 0 Å². The van der Waals surface area contributed by atoms with Crippen LogP contribution in [0.15, 0.2) is 24.3 Å².